The van der Waals surface area contributed by atoms with Crippen LogP contribution in [0.1, 0.15) is 40.8 Å². The number of thioether (sulfide) groups is 1. The smallest absolute Gasteiger partial charge is 0.257 e. The summed E-state index contributed by atoms with van der Waals surface area (Å²) >= 11 is 1.90. The Morgan fingerprint density at radius 1 is 1.12 bits per heavy atom. The predicted molar refractivity (Wildman–Crippen MR) is 131 cm³/mol. The minimum absolute atomic E-state index is 0.0724. The number of aromatic hydroxyl groups is 1. The molecule has 1 aromatic heterocycles. The summed E-state index contributed by atoms with van der Waals surface area (Å²) in [4.78, 5) is 38.6. The van der Waals surface area contributed by atoms with Gasteiger partial charge in [-0.25, -0.2) is 0 Å². The van der Waals surface area contributed by atoms with Crippen molar-refractivity contribution in [3.05, 3.63) is 67.9 Å². The fraction of sp³-hybridized carbons (Fsp3) is 0.375. The van der Waals surface area contributed by atoms with Crippen molar-refractivity contribution in [3.8, 4) is 5.75 Å². The number of hydrogen-bond donors (Lipinski definition) is 3. The van der Waals surface area contributed by atoms with Gasteiger partial charge in [-0.2, -0.15) is 11.8 Å². The van der Waals surface area contributed by atoms with Gasteiger partial charge in [0.2, 0.25) is 0 Å². The van der Waals surface area contributed by atoms with Gasteiger partial charge in [-0.3, -0.25) is 14.4 Å². The average molecular weight is 470 g/mol. The monoisotopic (exact) mass is 469 g/mol. The molecule has 2 aromatic carbocycles. The lowest BCUT2D eigenvalue weighted by Crippen LogP contribution is -2.38. The van der Waals surface area contributed by atoms with Crippen LogP contribution in [-0.2, 0) is 0 Å². The molecule has 8 nitrogen and oxygen atoms in total. The summed E-state index contributed by atoms with van der Waals surface area (Å²) in [6.07, 6.45) is 1.94. The molecule has 0 aliphatic carbocycles. The number of rotatable bonds is 7. The van der Waals surface area contributed by atoms with E-state index in [9.17, 15) is 19.5 Å². The summed E-state index contributed by atoms with van der Waals surface area (Å²) in [5, 5.41) is 16.7. The quantitative estimate of drug-likeness (QED) is 0.355. The first-order valence-electron chi connectivity index (χ1n) is 10.8. The molecule has 1 aliphatic rings. The van der Waals surface area contributed by atoms with E-state index in [1.165, 1.54) is 11.0 Å². The molecule has 4 rings (SSSR count). The molecule has 9 heteroatoms. The Morgan fingerprint density at radius 2 is 1.82 bits per heavy atom. The van der Waals surface area contributed by atoms with Gasteiger partial charge >= 0.3 is 0 Å². The third-order valence-corrected chi connectivity index (χ3v) is 7.00. The van der Waals surface area contributed by atoms with Crippen molar-refractivity contribution in [2.24, 2.45) is 5.92 Å². The minimum atomic E-state index is -0.671. The van der Waals surface area contributed by atoms with E-state index in [0.29, 0.717) is 0 Å². The number of aryl methyl sites for hydroxylation is 1. The van der Waals surface area contributed by atoms with Crippen LogP contribution in [0.15, 0.2) is 44.3 Å². The summed E-state index contributed by atoms with van der Waals surface area (Å²) in [6.45, 7) is 1.87. The Morgan fingerprint density at radius 3 is 2.45 bits per heavy atom. The van der Waals surface area contributed by atoms with Gasteiger partial charge in [-0.05, 0) is 61.5 Å². The third kappa shape index (κ3) is 4.50. The molecule has 0 bridgehead atoms. The number of anilines is 3. The molecule has 0 radical (unpaired) electrons. The van der Waals surface area contributed by atoms with E-state index in [4.69, 9.17) is 4.42 Å². The molecule has 0 saturated carbocycles. The van der Waals surface area contributed by atoms with Crippen LogP contribution >= 0.6 is 11.8 Å². The maximum atomic E-state index is 12.5. The van der Waals surface area contributed by atoms with Crippen LogP contribution in [0, 0.1) is 12.8 Å². The molecule has 3 aromatic rings. The molecule has 2 heterocycles. The van der Waals surface area contributed by atoms with Crippen LogP contribution < -0.4 is 21.5 Å². The largest absolute Gasteiger partial charge is 0.505 e. The molecule has 0 unspecified atom stereocenters. The van der Waals surface area contributed by atoms with Crippen molar-refractivity contribution in [2.45, 2.75) is 25.8 Å². The zero-order valence-electron chi connectivity index (χ0n) is 18.8. The van der Waals surface area contributed by atoms with E-state index in [1.807, 2.05) is 30.8 Å². The van der Waals surface area contributed by atoms with E-state index < -0.39 is 10.9 Å². The lowest BCUT2D eigenvalue weighted by molar-refractivity contribution is 0.0824. The van der Waals surface area contributed by atoms with Gasteiger partial charge in [0.15, 0.2) is 5.75 Å². The average Bonchev–Trinajstić information content (AvgIpc) is 3.25. The molecule has 174 valence electrons. The number of nitrogens with zero attached hydrogens (tertiary/aromatic N) is 1. The van der Waals surface area contributed by atoms with Gasteiger partial charge in [0.05, 0.1) is 17.3 Å². The Labute approximate surface area is 195 Å². The van der Waals surface area contributed by atoms with Gasteiger partial charge in [0, 0.05) is 14.1 Å². The summed E-state index contributed by atoms with van der Waals surface area (Å²) < 4.78 is 5.88. The van der Waals surface area contributed by atoms with Gasteiger partial charge in [-0.15, -0.1) is 0 Å². The van der Waals surface area contributed by atoms with Crippen LogP contribution in [0.25, 0.3) is 0 Å². The van der Waals surface area contributed by atoms with Gasteiger partial charge in [0.25, 0.3) is 16.8 Å². The Kier molecular flexibility index (Phi) is 6.51. The summed E-state index contributed by atoms with van der Waals surface area (Å²) in [7, 11) is 3.17. The van der Waals surface area contributed by atoms with Gasteiger partial charge < -0.3 is 25.1 Å². The van der Waals surface area contributed by atoms with Crippen molar-refractivity contribution >= 4 is 34.7 Å². The lowest BCUT2D eigenvalue weighted by atomic mass is 9.91. The normalized spacial score (nSPS) is 15.4. The number of para-hydroxylation sites is 1. The zero-order valence-corrected chi connectivity index (χ0v) is 19.6. The molecule has 3 N–H and O–H groups in total. The molecule has 33 heavy (non-hydrogen) atoms. The van der Waals surface area contributed by atoms with Crippen molar-refractivity contribution in [1.82, 2.24) is 4.90 Å². The van der Waals surface area contributed by atoms with Gasteiger partial charge in [0.1, 0.15) is 22.9 Å². The van der Waals surface area contributed by atoms with Crippen LogP contribution in [-0.4, -0.2) is 41.5 Å². The second kappa shape index (κ2) is 9.35. The standard InChI is InChI=1S/C24H27N3O5S/c1-13-7-8-17(32-13)18(14-9-11-33-12-10-14)26-20-19(22(29)23(20)30)25-16-6-4-5-15(21(16)28)24(31)27(2)3/h4-8,14,18,25-26,28H,9-12H2,1-3H3/t18-/m0/s1. The summed E-state index contributed by atoms with van der Waals surface area (Å²) in [6, 6.07) is 8.18. The maximum absolute atomic E-state index is 12.5. The second-order valence-corrected chi connectivity index (χ2v) is 9.68. The Bertz CT molecular complexity index is 1240. The fourth-order valence-corrected chi connectivity index (χ4v) is 5.23. The number of phenols is 1. The molecule has 1 atom stereocenters. The van der Waals surface area contributed by atoms with E-state index in [0.717, 1.165) is 35.9 Å². The first-order valence-corrected chi connectivity index (χ1v) is 12.0. The third-order valence-electron chi connectivity index (χ3n) is 5.95. The SMILES string of the molecule is Cc1ccc([C@@H](Nc2c(Nc3cccc(C(=O)N(C)C)c3O)c(=O)c2=O)C2CCSCC2)o1. The summed E-state index contributed by atoms with van der Waals surface area (Å²) in [5.41, 5.74) is -0.769. The first-order chi connectivity index (χ1) is 15.8. The number of carbonyl (C=O) groups excluding carboxylic acids is 1. The molecule has 1 fully saturated rings. The highest BCUT2D eigenvalue weighted by Gasteiger charge is 2.32. The lowest BCUT2D eigenvalue weighted by Gasteiger charge is -2.31. The zero-order chi connectivity index (χ0) is 23.7. The van der Waals surface area contributed by atoms with E-state index in [-0.39, 0.29) is 46.2 Å². The molecule has 1 saturated heterocycles. The van der Waals surface area contributed by atoms with Crippen LogP contribution in [0.3, 0.4) is 0 Å². The summed E-state index contributed by atoms with van der Waals surface area (Å²) in [5.74, 6) is 3.16. The maximum Gasteiger partial charge on any atom is 0.257 e. The van der Waals surface area contributed by atoms with E-state index in [2.05, 4.69) is 10.6 Å². The second-order valence-electron chi connectivity index (χ2n) is 8.45. The first kappa shape index (κ1) is 23.0. The number of nitrogens with one attached hydrogen (secondary N) is 2. The molecular weight excluding hydrogens is 442 g/mol. The number of amides is 1. The van der Waals surface area contributed by atoms with Crippen molar-refractivity contribution in [1.29, 1.82) is 0 Å². The molecule has 1 amide bonds. The van der Waals surface area contributed by atoms with Gasteiger partial charge in [-0.1, -0.05) is 6.07 Å². The van der Waals surface area contributed by atoms with E-state index >= 15 is 0 Å². The molecular formula is C24H27N3O5S. The highest BCUT2D eigenvalue weighted by molar-refractivity contribution is 7.99. The van der Waals surface area contributed by atoms with Crippen molar-refractivity contribution in [2.75, 3.05) is 36.2 Å². The van der Waals surface area contributed by atoms with Crippen molar-refractivity contribution in [3.63, 3.8) is 0 Å². The number of phenolic OH excluding ortho intramolecular Hbond substituents is 1. The highest BCUT2D eigenvalue weighted by atomic mass is 32.2. The number of benzene rings is 1. The highest BCUT2D eigenvalue weighted by Crippen LogP contribution is 2.38. The topological polar surface area (TPSA) is 112 Å². The predicted octanol–water partition coefficient (Wildman–Crippen LogP) is 3.63. The molecule has 1 aliphatic heterocycles. The number of hydrogen-bond acceptors (Lipinski definition) is 8. The minimum Gasteiger partial charge on any atom is -0.505 e. The Hall–Kier alpha value is -3.20. The Balaban J connectivity index is 1.64. The fourth-order valence-electron chi connectivity index (χ4n) is 4.09. The number of carbonyl (C=O) groups is 1. The number of furan rings is 1. The van der Waals surface area contributed by atoms with Crippen LogP contribution in [0.4, 0.5) is 17.1 Å². The van der Waals surface area contributed by atoms with Crippen molar-refractivity contribution < 1.29 is 14.3 Å². The van der Waals surface area contributed by atoms with Crippen LogP contribution in [0.5, 0.6) is 5.75 Å². The molecule has 0 spiro atoms. The van der Waals surface area contributed by atoms with Crippen LogP contribution in [0.2, 0.25) is 0 Å². The van der Waals surface area contributed by atoms with E-state index in [1.54, 1.807) is 26.2 Å².